The zero-order valence-corrected chi connectivity index (χ0v) is 12.4. The van der Waals surface area contributed by atoms with E-state index in [4.69, 9.17) is 10.7 Å². The summed E-state index contributed by atoms with van der Waals surface area (Å²) >= 11 is 0. The highest BCUT2D eigenvalue weighted by molar-refractivity contribution is 5.56. The summed E-state index contributed by atoms with van der Waals surface area (Å²) in [6.45, 7) is 5.25. The number of nitrogens with zero attached hydrogens (tertiary/aromatic N) is 3. The lowest BCUT2D eigenvalue weighted by Gasteiger charge is -2.24. The van der Waals surface area contributed by atoms with Crippen molar-refractivity contribution in [3.05, 3.63) is 11.4 Å². The molecule has 0 amide bonds. The molecule has 0 saturated heterocycles. The molecule has 1 aliphatic carbocycles. The second-order valence-corrected chi connectivity index (χ2v) is 5.75. The molecule has 1 fully saturated rings. The van der Waals surface area contributed by atoms with Crippen LogP contribution in [0.5, 0.6) is 0 Å². The maximum absolute atomic E-state index is 6.02. The van der Waals surface area contributed by atoms with Crippen LogP contribution in [0.3, 0.4) is 0 Å². The van der Waals surface area contributed by atoms with Gasteiger partial charge in [0.15, 0.2) is 0 Å². The van der Waals surface area contributed by atoms with Gasteiger partial charge >= 0.3 is 0 Å². The summed E-state index contributed by atoms with van der Waals surface area (Å²) in [6, 6.07) is 0. The van der Waals surface area contributed by atoms with Crippen molar-refractivity contribution in [3.8, 4) is 0 Å². The number of hydrogen-bond donors (Lipinski definition) is 1. The average Bonchev–Trinajstić information content (AvgIpc) is 2.86. The Bertz CT molecular complexity index is 424. The number of aryl methyl sites for hydroxylation is 1. The molecule has 1 aromatic heterocycles. The predicted octanol–water partition coefficient (Wildman–Crippen LogP) is 2.95. The van der Waals surface area contributed by atoms with Crippen molar-refractivity contribution in [3.63, 3.8) is 0 Å². The fourth-order valence-electron chi connectivity index (χ4n) is 2.94. The Kier molecular flexibility index (Phi) is 4.61. The van der Waals surface area contributed by atoms with Crippen LogP contribution in [0.1, 0.15) is 50.4 Å². The molecule has 1 aromatic rings. The van der Waals surface area contributed by atoms with E-state index in [-0.39, 0.29) is 0 Å². The third-order valence-electron chi connectivity index (χ3n) is 4.05. The summed E-state index contributed by atoms with van der Waals surface area (Å²) in [4.78, 5) is 11.3. The number of hydrogen-bond acceptors (Lipinski definition) is 4. The summed E-state index contributed by atoms with van der Waals surface area (Å²) in [5.74, 6) is 3.34. The predicted molar refractivity (Wildman–Crippen MR) is 80.4 cm³/mol. The molecule has 19 heavy (non-hydrogen) atoms. The van der Waals surface area contributed by atoms with Crippen molar-refractivity contribution in [1.29, 1.82) is 0 Å². The fourth-order valence-corrected chi connectivity index (χ4v) is 2.94. The van der Waals surface area contributed by atoms with Gasteiger partial charge in [-0.05, 0) is 32.1 Å². The smallest absolute Gasteiger partial charge is 0.137 e. The zero-order valence-electron chi connectivity index (χ0n) is 12.4. The van der Waals surface area contributed by atoms with Crippen LogP contribution in [0.25, 0.3) is 0 Å². The molecule has 0 aliphatic heterocycles. The third-order valence-corrected chi connectivity index (χ3v) is 4.05. The minimum atomic E-state index is 0.631. The molecule has 1 heterocycles. The van der Waals surface area contributed by atoms with Gasteiger partial charge in [0.1, 0.15) is 17.5 Å². The van der Waals surface area contributed by atoms with Crippen molar-refractivity contribution in [2.75, 3.05) is 24.2 Å². The number of nitrogens with two attached hydrogens (primary N) is 1. The van der Waals surface area contributed by atoms with Crippen LogP contribution in [-0.4, -0.2) is 23.6 Å². The van der Waals surface area contributed by atoms with Crippen LogP contribution in [-0.2, 0) is 6.42 Å². The summed E-state index contributed by atoms with van der Waals surface area (Å²) in [7, 11) is 2.13. The molecule has 4 nitrogen and oxygen atoms in total. The van der Waals surface area contributed by atoms with Crippen LogP contribution in [0.2, 0.25) is 0 Å². The van der Waals surface area contributed by atoms with Crippen LogP contribution in [0, 0.1) is 12.8 Å². The Morgan fingerprint density at radius 1 is 1.26 bits per heavy atom. The first-order valence-electron chi connectivity index (χ1n) is 7.46. The Morgan fingerprint density at radius 2 is 1.95 bits per heavy atom. The van der Waals surface area contributed by atoms with Crippen LogP contribution in [0.4, 0.5) is 11.6 Å². The van der Waals surface area contributed by atoms with Crippen molar-refractivity contribution >= 4 is 11.6 Å². The van der Waals surface area contributed by atoms with E-state index in [9.17, 15) is 0 Å². The highest BCUT2D eigenvalue weighted by atomic mass is 15.2. The minimum absolute atomic E-state index is 0.631. The molecular formula is C15H26N4. The first-order chi connectivity index (χ1) is 9.11. The van der Waals surface area contributed by atoms with Gasteiger partial charge in [0.05, 0.1) is 0 Å². The van der Waals surface area contributed by atoms with Gasteiger partial charge in [0.2, 0.25) is 0 Å². The van der Waals surface area contributed by atoms with E-state index in [0.717, 1.165) is 42.5 Å². The molecule has 2 N–H and O–H groups in total. The molecule has 0 bridgehead atoms. The SMILES string of the molecule is CCCc1nc(N)c(C)c(N(C)CC2CCCC2)n1. The summed E-state index contributed by atoms with van der Waals surface area (Å²) < 4.78 is 0. The molecule has 4 heteroatoms. The van der Waals surface area contributed by atoms with E-state index in [1.54, 1.807) is 0 Å². The van der Waals surface area contributed by atoms with E-state index in [2.05, 4.69) is 23.9 Å². The Morgan fingerprint density at radius 3 is 2.58 bits per heavy atom. The van der Waals surface area contributed by atoms with Gasteiger partial charge in [-0.25, -0.2) is 9.97 Å². The van der Waals surface area contributed by atoms with Crippen LogP contribution < -0.4 is 10.6 Å². The molecule has 1 saturated carbocycles. The molecule has 1 aliphatic rings. The summed E-state index contributed by atoms with van der Waals surface area (Å²) in [6.07, 6.45) is 7.41. The molecule has 2 rings (SSSR count). The van der Waals surface area contributed by atoms with Gasteiger partial charge in [-0.3, -0.25) is 0 Å². The molecule has 106 valence electrons. The van der Waals surface area contributed by atoms with Gasteiger partial charge in [-0.1, -0.05) is 19.8 Å². The van der Waals surface area contributed by atoms with E-state index in [0.29, 0.717) is 5.82 Å². The second kappa shape index (κ2) is 6.22. The fraction of sp³-hybridized carbons (Fsp3) is 0.733. The first-order valence-corrected chi connectivity index (χ1v) is 7.46. The van der Waals surface area contributed by atoms with E-state index < -0.39 is 0 Å². The maximum Gasteiger partial charge on any atom is 0.137 e. The number of nitrogen functional groups attached to an aromatic ring is 1. The normalized spacial score (nSPS) is 15.9. The highest BCUT2D eigenvalue weighted by Crippen LogP contribution is 2.28. The van der Waals surface area contributed by atoms with Gasteiger partial charge in [0, 0.05) is 25.6 Å². The van der Waals surface area contributed by atoms with Gasteiger partial charge < -0.3 is 10.6 Å². The van der Waals surface area contributed by atoms with Gasteiger partial charge in [-0.2, -0.15) is 0 Å². The van der Waals surface area contributed by atoms with Gasteiger partial charge in [0.25, 0.3) is 0 Å². The third kappa shape index (κ3) is 3.37. The average molecular weight is 262 g/mol. The van der Waals surface area contributed by atoms with E-state index in [1.807, 2.05) is 6.92 Å². The van der Waals surface area contributed by atoms with Crippen LogP contribution >= 0.6 is 0 Å². The number of rotatable bonds is 5. The Labute approximate surface area is 116 Å². The molecular weight excluding hydrogens is 236 g/mol. The maximum atomic E-state index is 6.02. The zero-order chi connectivity index (χ0) is 13.8. The monoisotopic (exact) mass is 262 g/mol. The first kappa shape index (κ1) is 14.1. The quantitative estimate of drug-likeness (QED) is 0.886. The van der Waals surface area contributed by atoms with E-state index >= 15 is 0 Å². The Balaban J connectivity index is 2.16. The van der Waals surface area contributed by atoms with Gasteiger partial charge in [-0.15, -0.1) is 0 Å². The molecule has 0 aromatic carbocycles. The number of anilines is 2. The molecule has 0 spiro atoms. The lowest BCUT2D eigenvalue weighted by molar-refractivity contribution is 0.544. The molecule has 0 radical (unpaired) electrons. The minimum Gasteiger partial charge on any atom is -0.383 e. The number of aromatic nitrogens is 2. The second-order valence-electron chi connectivity index (χ2n) is 5.75. The lowest BCUT2D eigenvalue weighted by atomic mass is 10.1. The largest absolute Gasteiger partial charge is 0.383 e. The standard InChI is InChI=1S/C15H26N4/c1-4-7-13-17-14(16)11(2)15(18-13)19(3)10-12-8-5-6-9-12/h12H,4-10H2,1-3H3,(H2,16,17,18). The molecule has 0 atom stereocenters. The molecule has 0 unspecified atom stereocenters. The van der Waals surface area contributed by atoms with Crippen molar-refractivity contribution in [1.82, 2.24) is 9.97 Å². The Hall–Kier alpha value is -1.32. The van der Waals surface area contributed by atoms with Crippen molar-refractivity contribution < 1.29 is 0 Å². The highest BCUT2D eigenvalue weighted by Gasteiger charge is 2.19. The van der Waals surface area contributed by atoms with Crippen LogP contribution in [0.15, 0.2) is 0 Å². The summed E-state index contributed by atoms with van der Waals surface area (Å²) in [5.41, 5.74) is 7.03. The lowest BCUT2D eigenvalue weighted by Crippen LogP contribution is -2.26. The van der Waals surface area contributed by atoms with Crippen molar-refractivity contribution in [2.24, 2.45) is 5.92 Å². The van der Waals surface area contributed by atoms with E-state index in [1.165, 1.54) is 25.7 Å². The van der Waals surface area contributed by atoms with Crippen molar-refractivity contribution in [2.45, 2.75) is 52.4 Å². The summed E-state index contributed by atoms with van der Waals surface area (Å²) in [5, 5.41) is 0. The topological polar surface area (TPSA) is 55.0 Å².